The number of nitrogens with one attached hydrogen (secondary N) is 1. The third kappa shape index (κ3) is 5.02. The van der Waals surface area contributed by atoms with Crippen LogP contribution in [0.1, 0.15) is 15.9 Å². The van der Waals surface area contributed by atoms with Crippen molar-refractivity contribution in [2.75, 3.05) is 30.9 Å². The van der Waals surface area contributed by atoms with Crippen molar-refractivity contribution in [2.24, 2.45) is 10.9 Å². The molecule has 1 aliphatic rings. The lowest BCUT2D eigenvalue weighted by Crippen LogP contribution is -2.52. The summed E-state index contributed by atoms with van der Waals surface area (Å²) < 4.78 is 3.38. The number of hydrazone groups is 1. The molecule has 2 aromatic carbocycles. The monoisotopic (exact) mass is 492 g/mol. The molecule has 1 saturated heterocycles. The van der Waals surface area contributed by atoms with Crippen LogP contribution in [0.25, 0.3) is 10.9 Å². The number of rotatable bonds is 6. The summed E-state index contributed by atoms with van der Waals surface area (Å²) in [6, 6.07) is 15.7. The number of nitrogens with zero attached hydrogens (tertiary/aromatic N) is 4. The minimum absolute atomic E-state index is 0.0469. The zero-order chi connectivity index (χ0) is 24.1. The van der Waals surface area contributed by atoms with Crippen molar-refractivity contribution in [3.8, 4) is 0 Å². The van der Waals surface area contributed by atoms with E-state index in [0.717, 1.165) is 27.0 Å². The van der Waals surface area contributed by atoms with E-state index >= 15 is 0 Å². The topological polar surface area (TPSA) is 104 Å². The highest BCUT2D eigenvalue weighted by Crippen LogP contribution is 2.29. The summed E-state index contributed by atoms with van der Waals surface area (Å²) in [5.74, 6) is 4.85. The fourth-order valence-corrected chi connectivity index (χ4v) is 4.80. The van der Waals surface area contributed by atoms with Crippen molar-refractivity contribution in [1.82, 2.24) is 14.8 Å². The summed E-state index contributed by atoms with van der Waals surface area (Å²) in [6.07, 6.45) is 1.79. The summed E-state index contributed by atoms with van der Waals surface area (Å²) in [7, 11) is 0. The Labute approximate surface area is 207 Å². The lowest BCUT2D eigenvalue weighted by molar-refractivity contribution is -0.125. The Morgan fingerprint density at radius 2 is 1.85 bits per heavy atom. The molecule has 2 amide bonds. The van der Waals surface area contributed by atoms with Gasteiger partial charge in [0.05, 0.1) is 10.4 Å². The quantitative estimate of drug-likeness (QED) is 0.179. The van der Waals surface area contributed by atoms with Gasteiger partial charge in [-0.2, -0.15) is 5.10 Å². The van der Waals surface area contributed by atoms with E-state index in [4.69, 9.17) is 18.1 Å². The number of piperazine rings is 1. The number of nitrogens with two attached hydrogens (primary N) is 1. The maximum atomic E-state index is 13.0. The number of anilines is 1. The lowest BCUT2D eigenvalue weighted by Gasteiger charge is -2.34. The van der Waals surface area contributed by atoms with E-state index < -0.39 is 0 Å². The van der Waals surface area contributed by atoms with E-state index in [1.807, 2.05) is 55.5 Å². The molecule has 0 unspecified atom stereocenters. The van der Waals surface area contributed by atoms with E-state index in [9.17, 15) is 9.59 Å². The molecule has 0 radical (unpaired) electrons. The Kier molecular flexibility index (Phi) is 7.39. The molecule has 1 aromatic heterocycles. The fourth-order valence-electron chi connectivity index (χ4n) is 3.77. The molecule has 0 spiro atoms. The SMILES string of the molecule is Cc1cc(C(=O)N2CCN(C(=O)C(C=S)=NN)CC2)ccc1NSc1cccc2cccnc12. The van der Waals surface area contributed by atoms with Crippen molar-refractivity contribution < 1.29 is 9.59 Å². The van der Waals surface area contributed by atoms with Gasteiger partial charge in [0.2, 0.25) is 0 Å². The van der Waals surface area contributed by atoms with Crippen molar-refractivity contribution >= 4 is 63.6 Å². The number of hydrogen-bond acceptors (Lipinski definition) is 8. The Balaban J connectivity index is 1.39. The second-order valence-corrected chi connectivity index (χ2v) is 8.87. The van der Waals surface area contributed by atoms with Crippen LogP contribution in [0.15, 0.2) is 64.7 Å². The first-order chi connectivity index (χ1) is 16.5. The Bertz CT molecular complexity index is 1270. The molecule has 10 heteroatoms. The zero-order valence-electron chi connectivity index (χ0n) is 18.6. The highest BCUT2D eigenvalue weighted by atomic mass is 32.2. The second-order valence-electron chi connectivity index (χ2n) is 7.78. The Morgan fingerprint density at radius 1 is 1.12 bits per heavy atom. The van der Waals surface area contributed by atoms with Crippen molar-refractivity contribution in [3.05, 3.63) is 65.9 Å². The molecule has 2 heterocycles. The van der Waals surface area contributed by atoms with Crippen LogP contribution in [0.2, 0.25) is 0 Å². The molecular weight excluding hydrogens is 468 g/mol. The van der Waals surface area contributed by atoms with Gasteiger partial charge in [0.15, 0.2) is 5.71 Å². The van der Waals surface area contributed by atoms with Crippen molar-refractivity contribution in [2.45, 2.75) is 11.8 Å². The van der Waals surface area contributed by atoms with Crippen LogP contribution < -0.4 is 10.6 Å². The van der Waals surface area contributed by atoms with Gasteiger partial charge in [0, 0.05) is 54.4 Å². The van der Waals surface area contributed by atoms with Gasteiger partial charge in [0.1, 0.15) is 0 Å². The number of amides is 2. The molecule has 3 aromatic rings. The summed E-state index contributed by atoms with van der Waals surface area (Å²) in [5, 5.41) is 5.68. The number of hydrogen-bond donors (Lipinski definition) is 2. The van der Waals surface area contributed by atoms with E-state index in [1.54, 1.807) is 16.0 Å². The van der Waals surface area contributed by atoms with Gasteiger partial charge in [-0.1, -0.05) is 30.4 Å². The largest absolute Gasteiger partial charge is 0.335 e. The van der Waals surface area contributed by atoms with Crippen LogP contribution >= 0.6 is 24.2 Å². The molecule has 0 bridgehead atoms. The number of fused-ring (bicyclic) bond motifs is 1. The Hall–Kier alpha value is -3.50. The fraction of sp³-hybridized carbons (Fsp3) is 0.208. The summed E-state index contributed by atoms with van der Waals surface area (Å²) in [5.41, 5.74) is 3.50. The van der Waals surface area contributed by atoms with Gasteiger partial charge in [0.25, 0.3) is 11.8 Å². The molecule has 34 heavy (non-hydrogen) atoms. The summed E-state index contributed by atoms with van der Waals surface area (Å²) in [4.78, 5) is 34.2. The van der Waals surface area contributed by atoms with E-state index in [1.165, 1.54) is 17.3 Å². The first kappa shape index (κ1) is 23.7. The minimum atomic E-state index is -0.310. The highest BCUT2D eigenvalue weighted by Gasteiger charge is 2.26. The third-order valence-corrected chi connectivity index (χ3v) is 6.76. The molecule has 4 rings (SSSR count). The molecule has 0 saturated carbocycles. The first-order valence-corrected chi connectivity index (χ1v) is 12.0. The third-order valence-electron chi connectivity index (χ3n) is 5.66. The average Bonchev–Trinajstić information content (AvgIpc) is 2.88. The van der Waals surface area contributed by atoms with Crippen LogP contribution in [-0.4, -0.2) is 63.9 Å². The molecule has 1 aliphatic heterocycles. The second kappa shape index (κ2) is 10.6. The number of aromatic nitrogens is 1. The van der Waals surface area contributed by atoms with Crippen LogP contribution in [0.4, 0.5) is 5.69 Å². The molecule has 174 valence electrons. The standard InChI is InChI=1S/C24H24N6O2S2/c1-16-14-18(23(31)29-10-12-30(13-11-29)24(32)20(15-33)27-25)7-8-19(16)28-34-21-6-2-4-17-5-3-9-26-22(17)21/h2-9,14-15,28H,10-13,25H2,1H3. The van der Waals surface area contributed by atoms with Crippen LogP contribution in [-0.2, 0) is 4.79 Å². The zero-order valence-corrected chi connectivity index (χ0v) is 20.2. The number of carbonyl (C=O) groups is 2. The predicted molar refractivity (Wildman–Crippen MR) is 140 cm³/mol. The predicted octanol–water partition coefficient (Wildman–Crippen LogP) is 3.26. The minimum Gasteiger partial charge on any atom is -0.335 e. The number of thiocarbonyl (C=S) groups is 1. The van der Waals surface area contributed by atoms with Crippen LogP contribution in [0.3, 0.4) is 0 Å². The molecule has 3 N–H and O–H groups in total. The molecule has 0 aliphatic carbocycles. The molecule has 1 fully saturated rings. The van der Waals surface area contributed by atoms with Gasteiger partial charge < -0.3 is 20.4 Å². The maximum absolute atomic E-state index is 13.0. The van der Waals surface area contributed by atoms with Gasteiger partial charge >= 0.3 is 0 Å². The molecule has 8 nitrogen and oxygen atoms in total. The van der Waals surface area contributed by atoms with Gasteiger partial charge in [-0.05, 0) is 54.8 Å². The first-order valence-electron chi connectivity index (χ1n) is 10.7. The summed E-state index contributed by atoms with van der Waals surface area (Å²) in [6.45, 7) is 3.64. The van der Waals surface area contributed by atoms with E-state index in [-0.39, 0.29) is 17.5 Å². The smallest absolute Gasteiger partial charge is 0.275 e. The van der Waals surface area contributed by atoms with Crippen molar-refractivity contribution in [1.29, 1.82) is 0 Å². The number of para-hydroxylation sites is 1. The van der Waals surface area contributed by atoms with E-state index in [2.05, 4.69) is 14.8 Å². The number of benzene rings is 2. The highest BCUT2D eigenvalue weighted by molar-refractivity contribution is 8.00. The normalized spacial score (nSPS) is 14.2. The summed E-state index contributed by atoms with van der Waals surface area (Å²) >= 11 is 6.27. The number of carbonyl (C=O) groups excluding carboxylic acids is 2. The Morgan fingerprint density at radius 3 is 2.56 bits per heavy atom. The number of pyridine rings is 1. The van der Waals surface area contributed by atoms with Gasteiger partial charge in [-0.25, -0.2) is 0 Å². The van der Waals surface area contributed by atoms with E-state index in [0.29, 0.717) is 31.7 Å². The maximum Gasteiger partial charge on any atom is 0.275 e. The average molecular weight is 493 g/mol. The number of aryl methyl sites for hydroxylation is 1. The lowest BCUT2D eigenvalue weighted by atomic mass is 10.1. The van der Waals surface area contributed by atoms with Crippen molar-refractivity contribution in [3.63, 3.8) is 0 Å². The van der Waals surface area contributed by atoms with Crippen LogP contribution in [0, 0.1) is 6.92 Å². The molecule has 0 atom stereocenters. The van der Waals surface area contributed by atoms with Gasteiger partial charge in [-0.3, -0.25) is 14.6 Å². The van der Waals surface area contributed by atoms with Gasteiger partial charge in [-0.15, -0.1) is 0 Å². The molecular formula is C24H24N6O2S2. The van der Waals surface area contributed by atoms with Crippen LogP contribution in [0.5, 0.6) is 0 Å².